The molecule has 1 atom stereocenters. The van der Waals surface area contributed by atoms with Crippen LogP contribution in [-0.2, 0) is 0 Å². The van der Waals surface area contributed by atoms with Crippen LogP contribution < -0.4 is 0 Å². The molecule has 0 fully saturated rings. The molecule has 4 nitrogen and oxygen atoms in total. The van der Waals surface area contributed by atoms with Gasteiger partial charge in [-0.3, -0.25) is 0 Å². The van der Waals surface area contributed by atoms with Crippen LogP contribution in [0.4, 0.5) is 0 Å². The summed E-state index contributed by atoms with van der Waals surface area (Å²) in [5, 5.41) is 18.5. The highest BCUT2D eigenvalue weighted by atomic mass is 16.3. The normalized spacial score (nSPS) is 13.6. The molecule has 1 heterocycles. The highest BCUT2D eigenvalue weighted by Crippen LogP contribution is 2.07. The van der Waals surface area contributed by atoms with Crippen LogP contribution in [-0.4, -0.2) is 27.1 Å². The van der Waals surface area contributed by atoms with E-state index in [1.54, 1.807) is 6.20 Å². The van der Waals surface area contributed by atoms with Crippen molar-refractivity contribution in [2.75, 3.05) is 6.61 Å². The molecule has 0 saturated heterocycles. The van der Waals surface area contributed by atoms with Gasteiger partial charge in [-0.15, -0.1) is 0 Å². The van der Waals surface area contributed by atoms with Crippen molar-refractivity contribution in [3.05, 3.63) is 11.9 Å². The molecule has 9 heavy (non-hydrogen) atoms. The molecule has 1 aromatic heterocycles. The Morgan fingerprint density at radius 1 is 1.89 bits per heavy atom. The van der Waals surface area contributed by atoms with Crippen LogP contribution >= 0.6 is 0 Å². The number of aromatic amines is 1. The van der Waals surface area contributed by atoms with Crippen molar-refractivity contribution in [1.29, 1.82) is 0 Å². The van der Waals surface area contributed by atoms with Crippen molar-refractivity contribution < 1.29 is 5.11 Å². The van der Waals surface area contributed by atoms with Gasteiger partial charge in [0.05, 0.1) is 18.5 Å². The average Bonchev–Trinajstić information content (AvgIpc) is 2.37. The summed E-state index contributed by atoms with van der Waals surface area (Å²) in [6.45, 7) is 2.00. The number of nitrogens with one attached hydrogen (secondary N) is 1. The lowest BCUT2D eigenvalue weighted by atomic mass is 10.1. The molecule has 0 radical (unpaired) electrons. The van der Waals surface area contributed by atoms with Gasteiger partial charge in [-0.2, -0.15) is 15.4 Å². The first-order valence-electron chi connectivity index (χ1n) is 2.81. The Hall–Kier alpha value is -0.900. The average molecular weight is 127 g/mol. The number of hydrogen-bond donors (Lipinski definition) is 2. The van der Waals surface area contributed by atoms with Gasteiger partial charge in [-0.1, -0.05) is 6.92 Å². The van der Waals surface area contributed by atoms with E-state index in [0.717, 1.165) is 5.69 Å². The zero-order valence-electron chi connectivity index (χ0n) is 5.20. The molecule has 4 heteroatoms. The molecule has 0 aliphatic carbocycles. The quantitative estimate of drug-likeness (QED) is 0.583. The summed E-state index contributed by atoms with van der Waals surface area (Å²) in [6.07, 6.45) is 1.61. The van der Waals surface area contributed by atoms with Gasteiger partial charge in [0.25, 0.3) is 0 Å². The van der Waals surface area contributed by atoms with Gasteiger partial charge in [-0.25, -0.2) is 0 Å². The number of rotatable bonds is 2. The molecule has 1 unspecified atom stereocenters. The Labute approximate surface area is 52.9 Å². The lowest BCUT2D eigenvalue weighted by Crippen LogP contribution is -1.98. The van der Waals surface area contributed by atoms with Crippen LogP contribution in [0, 0.1) is 0 Å². The highest BCUT2D eigenvalue weighted by Gasteiger charge is 2.04. The fourth-order valence-electron chi connectivity index (χ4n) is 0.541. The Bertz CT molecular complexity index is 161. The van der Waals surface area contributed by atoms with Crippen LogP contribution in [0.25, 0.3) is 0 Å². The molecule has 50 valence electrons. The minimum absolute atomic E-state index is 0.0868. The maximum atomic E-state index is 8.62. The molecule has 0 bridgehead atoms. The second kappa shape index (κ2) is 2.59. The topological polar surface area (TPSA) is 61.8 Å². The molecular formula is C5H9N3O. The van der Waals surface area contributed by atoms with E-state index in [4.69, 9.17) is 5.11 Å². The molecule has 1 aromatic rings. The molecule has 1 rings (SSSR count). The maximum Gasteiger partial charge on any atom is 0.0875 e. The second-order valence-electron chi connectivity index (χ2n) is 1.98. The van der Waals surface area contributed by atoms with Crippen LogP contribution in [0.5, 0.6) is 0 Å². The monoisotopic (exact) mass is 127 g/mol. The molecule has 0 aromatic carbocycles. The summed E-state index contributed by atoms with van der Waals surface area (Å²) in [6, 6.07) is 0. The number of aromatic nitrogens is 3. The molecule has 0 aliphatic rings. The maximum absolute atomic E-state index is 8.62. The Morgan fingerprint density at radius 2 is 2.67 bits per heavy atom. The first-order chi connectivity index (χ1) is 4.34. The van der Waals surface area contributed by atoms with Crippen molar-refractivity contribution in [3.63, 3.8) is 0 Å². The molecule has 2 N–H and O–H groups in total. The minimum Gasteiger partial charge on any atom is -0.396 e. The van der Waals surface area contributed by atoms with E-state index in [0.29, 0.717) is 0 Å². The minimum atomic E-state index is 0.0868. The predicted molar refractivity (Wildman–Crippen MR) is 31.9 cm³/mol. The Kier molecular flexibility index (Phi) is 1.79. The highest BCUT2D eigenvalue weighted by molar-refractivity contribution is 4.98. The van der Waals surface area contributed by atoms with Crippen molar-refractivity contribution in [2.24, 2.45) is 0 Å². The first kappa shape index (κ1) is 6.22. The smallest absolute Gasteiger partial charge is 0.0875 e. The molecule has 0 saturated carbocycles. The third-order valence-electron chi connectivity index (χ3n) is 1.21. The molecule has 0 spiro atoms. The zero-order valence-corrected chi connectivity index (χ0v) is 5.20. The van der Waals surface area contributed by atoms with E-state index >= 15 is 0 Å². The largest absolute Gasteiger partial charge is 0.396 e. The summed E-state index contributed by atoms with van der Waals surface area (Å²) in [5.74, 6) is 0.0868. The van der Waals surface area contributed by atoms with E-state index < -0.39 is 0 Å². The van der Waals surface area contributed by atoms with Gasteiger partial charge < -0.3 is 5.11 Å². The van der Waals surface area contributed by atoms with Crippen molar-refractivity contribution in [3.8, 4) is 0 Å². The number of aliphatic hydroxyl groups is 1. The Morgan fingerprint density at radius 3 is 3.11 bits per heavy atom. The molecule has 0 aliphatic heterocycles. The standard InChI is InChI=1S/C5H9N3O/c1-4(3-9)5-2-6-8-7-5/h2,4,9H,3H2,1H3,(H,6,7,8). The van der Waals surface area contributed by atoms with Gasteiger partial charge in [0.1, 0.15) is 0 Å². The summed E-state index contributed by atoms with van der Waals surface area (Å²) >= 11 is 0. The summed E-state index contributed by atoms with van der Waals surface area (Å²) in [4.78, 5) is 0. The SMILES string of the molecule is CC(CO)c1cn[nH]n1. The number of aliphatic hydroxyl groups excluding tert-OH is 1. The fourth-order valence-corrected chi connectivity index (χ4v) is 0.541. The summed E-state index contributed by atoms with van der Waals surface area (Å²) < 4.78 is 0. The van der Waals surface area contributed by atoms with Crippen molar-refractivity contribution in [1.82, 2.24) is 15.4 Å². The van der Waals surface area contributed by atoms with E-state index in [2.05, 4.69) is 15.4 Å². The third kappa shape index (κ3) is 1.26. The fraction of sp³-hybridized carbons (Fsp3) is 0.600. The van der Waals surface area contributed by atoms with E-state index in [1.807, 2.05) is 6.92 Å². The summed E-state index contributed by atoms with van der Waals surface area (Å²) in [5.41, 5.74) is 0.803. The van der Waals surface area contributed by atoms with Gasteiger partial charge in [0.15, 0.2) is 0 Å². The van der Waals surface area contributed by atoms with Crippen molar-refractivity contribution in [2.45, 2.75) is 12.8 Å². The second-order valence-corrected chi connectivity index (χ2v) is 1.98. The van der Waals surface area contributed by atoms with Crippen molar-refractivity contribution >= 4 is 0 Å². The summed E-state index contributed by atoms with van der Waals surface area (Å²) in [7, 11) is 0. The molecular weight excluding hydrogens is 118 g/mol. The van der Waals surface area contributed by atoms with Gasteiger partial charge >= 0.3 is 0 Å². The van der Waals surface area contributed by atoms with E-state index in [1.165, 1.54) is 0 Å². The predicted octanol–water partition coefficient (Wildman–Crippen LogP) is -0.0995. The number of nitrogens with zero attached hydrogens (tertiary/aromatic N) is 2. The lowest BCUT2D eigenvalue weighted by molar-refractivity contribution is 0.271. The lowest BCUT2D eigenvalue weighted by Gasteiger charge is -1.98. The van der Waals surface area contributed by atoms with Crippen LogP contribution in [0.2, 0.25) is 0 Å². The van der Waals surface area contributed by atoms with E-state index in [9.17, 15) is 0 Å². The number of hydrogen-bond acceptors (Lipinski definition) is 3. The first-order valence-corrected chi connectivity index (χ1v) is 2.81. The van der Waals surface area contributed by atoms with Gasteiger partial charge in [-0.05, 0) is 0 Å². The zero-order chi connectivity index (χ0) is 6.69. The van der Waals surface area contributed by atoms with Crippen LogP contribution in [0.3, 0.4) is 0 Å². The molecule has 0 amide bonds. The third-order valence-corrected chi connectivity index (χ3v) is 1.21. The van der Waals surface area contributed by atoms with Gasteiger partial charge in [0.2, 0.25) is 0 Å². The van der Waals surface area contributed by atoms with E-state index in [-0.39, 0.29) is 12.5 Å². The van der Waals surface area contributed by atoms with Crippen LogP contribution in [0.1, 0.15) is 18.5 Å². The van der Waals surface area contributed by atoms with Gasteiger partial charge in [0, 0.05) is 5.92 Å². The van der Waals surface area contributed by atoms with Crippen LogP contribution in [0.15, 0.2) is 6.20 Å². The number of H-pyrrole nitrogens is 1. The Balaban J connectivity index is 2.65.